The van der Waals surface area contributed by atoms with Crippen LogP contribution in [-0.4, -0.2) is 9.97 Å². The summed E-state index contributed by atoms with van der Waals surface area (Å²) in [5.74, 6) is 0.597. The Morgan fingerprint density at radius 2 is 1.83 bits per heavy atom. The molecule has 0 aliphatic carbocycles. The van der Waals surface area contributed by atoms with Crippen molar-refractivity contribution in [3.8, 4) is 0 Å². The van der Waals surface area contributed by atoms with E-state index in [-0.39, 0.29) is 0 Å². The van der Waals surface area contributed by atoms with Crippen LogP contribution in [0, 0.1) is 13.8 Å². The Morgan fingerprint density at radius 1 is 1.11 bits per heavy atom. The third kappa shape index (κ3) is 3.12. The normalized spacial score (nSPS) is 10.4. The summed E-state index contributed by atoms with van der Waals surface area (Å²) in [5, 5.41) is 4.26. The van der Waals surface area contributed by atoms with Gasteiger partial charge in [-0.05, 0) is 31.5 Å². The van der Waals surface area contributed by atoms with E-state index in [1.165, 1.54) is 0 Å². The highest BCUT2D eigenvalue weighted by Crippen LogP contribution is 2.19. The molecule has 94 valence electrons. The summed E-state index contributed by atoms with van der Waals surface area (Å²) >= 11 is 12.0. The van der Waals surface area contributed by atoms with Crippen molar-refractivity contribution in [1.29, 1.82) is 0 Å². The molecule has 0 bridgehead atoms. The standard InChI is InChI=1S/C13H13Cl2N3/c1-8-9(2)18-13(12(15)17-8)16-7-10-4-3-5-11(14)6-10/h3-6H,7H2,1-2H3,(H,16,18). The molecule has 1 aromatic heterocycles. The first-order valence-corrected chi connectivity index (χ1v) is 6.31. The van der Waals surface area contributed by atoms with Crippen molar-refractivity contribution in [2.24, 2.45) is 0 Å². The SMILES string of the molecule is Cc1nc(Cl)c(NCc2cccc(Cl)c2)nc1C. The predicted octanol–water partition coefficient (Wildman–Crippen LogP) is 4.01. The van der Waals surface area contributed by atoms with Gasteiger partial charge in [0.15, 0.2) is 11.0 Å². The number of hydrogen-bond acceptors (Lipinski definition) is 3. The third-order valence-corrected chi connectivity index (χ3v) is 3.11. The van der Waals surface area contributed by atoms with Crippen LogP contribution in [0.4, 0.5) is 5.82 Å². The number of aromatic nitrogens is 2. The molecular weight excluding hydrogens is 269 g/mol. The number of nitrogens with one attached hydrogen (secondary N) is 1. The lowest BCUT2D eigenvalue weighted by molar-refractivity contribution is 1.02. The second kappa shape index (κ2) is 5.55. The number of benzene rings is 1. The highest BCUT2D eigenvalue weighted by atomic mass is 35.5. The van der Waals surface area contributed by atoms with E-state index < -0.39 is 0 Å². The van der Waals surface area contributed by atoms with Crippen LogP contribution in [0.2, 0.25) is 10.2 Å². The molecule has 1 aromatic carbocycles. The first-order valence-electron chi connectivity index (χ1n) is 5.55. The molecule has 5 heteroatoms. The Bertz CT molecular complexity index is 570. The number of anilines is 1. The molecule has 2 aromatic rings. The van der Waals surface area contributed by atoms with Gasteiger partial charge < -0.3 is 5.32 Å². The van der Waals surface area contributed by atoms with Crippen molar-refractivity contribution in [3.63, 3.8) is 0 Å². The molecule has 2 rings (SSSR count). The maximum absolute atomic E-state index is 6.04. The molecule has 0 unspecified atom stereocenters. The molecule has 0 saturated carbocycles. The van der Waals surface area contributed by atoms with Crippen molar-refractivity contribution in [2.75, 3.05) is 5.32 Å². The number of nitrogens with zero attached hydrogens (tertiary/aromatic N) is 2. The summed E-state index contributed by atoms with van der Waals surface area (Å²) in [5.41, 5.74) is 2.78. The van der Waals surface area contributed by atoms with Gasteiger partial charge in [-0.2, -0.15) is 0 Å². The van der Waals surface area contributed by atoms with Crippen LogP contribution in [0.15, 0.2) is 24.3 Å². The lowest BCUT2D eigenvalue weighted by atomic mass is 10.2. The van der Waals surface area contributed by atoms with Crippen molar-refractivity contribution in [3.05, 3.63) is 51.4 Å². The van der Waals surface area contributed by atoms with E-state index in [9.17, 15) is 0 Å². The van der Waals surface area contributed by atoms with Gasteiger partial charge in [-0.15, -0.1) is 0 Å². The van der Waals surface area contributed by atoms with Crippen molar-refractivity contribution >= 4 is 29.0 Å². The topological polar surface area (TPSA) is 37.8 Å². The predicted molar refractivity (Wildman–Crippen MR) is 75.3 cm³/mol. The van der Waals surface area contributed by atoms with Gasteiger partial charge in [0.05, 0.1) is 11.4 Å². The summed E-state index contributed by atoms with van der Waals surface area (Å²) in [6, 6.07) is 7.64. The summed E-state index contributed by atoms with van der Waals surface area (Å²) in [4.78, 5) is 8.59. The van der Waals surface area contributed by atoms with Gasteiger partial charge in [-0.3, -0.25) is 0 Å². The lowest BCUT2D eigenvalue weighted by Crippen LogP contribution is -2.05. The second-order valence-electron chi connectivity index (χ2n) is 4.02. The largest absolute Gasteiger partial charge is 0.363 e. The molecule has 0 fully saturated rings. The number of rotatable bonds is 3. The molecule has 0 spiro atoms. The van der Waals surface area contributed by atoms with Gasteiger partial charge in [0.1, 0.15) is 0 Å². The van der Waals surface area contributed by atoms with Crippen molar-refractivity contribution in [1.82, 2.24) is 9.97 Å². The van der Waals surface area contributed by atoms with E-state index >= 15 is 0 Å². The first-order chi connectivity index (χ1) is 8.56. The number of hydrogen-bond donors (Lipinski definition) is 1. The van der Waals surface area contributed by atoms with Gasteiger partial charge in [0.25, 0.3) is 0 Å². The zero-order valence-corrected chi connectivity index (χ0v) is 11.7. The summed E-state index contributed by atoms with van der Waals surface area (Å²) in [6.07, 6.45) is 0. The zero-order valence-electron chi connectivity index (χ0n) is 10.2. The van der Waals surface area contributed by atoms with Crippen LogP contribution in [0.3, 0.4) is 0 Å². The Morgan fingerprint density at radius 3 is 2.56 bits per heavy atom. The summed E-state index contributed by atoms with van der Waals surface area (Å²) in [6.45, 7) is 4.40. The molecule has 1 heterocycles. The first kappa shape index (κ1) is 13.1. The molecule has 0 atom stereocenters. The minimum Gasteiger partial charge on any atom is -0.363 e. The van der Waals surface area contributed by atoms with Crippen LogP contribution in [0.1, 0.15) is 17.0 Å². The van der Waals surface area contributed by atoms with Crippen molar-refractivity contribution < 1.29 is 0 Å². The molecule has 0 radical (unpaired) electrons. The van der Waals surface area contributed by atoms with Crippen LogP contribution >= 0.6 is 23.2 Å². The fourth-order valence-corrected chi connectivity index (χ4v) is 1.97. The highest BCUT2D eigenvalue weighted by molar-refractivity contribution is 6.31. The highest BCUT2D eigenvalue weighted by Gasteiger charge is 2.06. The Kier molecular flexibility index (Phi) is 4.04. The molecule has 3 nitrogen and oxygen atoms in total. The average molecular weight is 282 g/mol. The zero-order chi connectivity index (χ0) is 13.1. The average Bonchev–Trinajstić information content (AvgIpc) is 2.32. The molecule has 1 N–H and O–H groups in total. The van der Waals surface area contributed by atoms with Gasteiger partial charge in [-0.25, -0.2) is 9.97 Å². The van der Waals surface area contributed by atoms with E-state index in [1.54, 1.807) is 0 Å². The summed E-state index contributed by atoms with van der Waals surface area (Å²) in [7, 11) is 0. The van der Waals surface area contributed by atoms with Crippen LogP contribution < -0.4 is 5.32 Å². The van der Waals surface area contributed by atoms with E-state index in [2.05, 4.69) is 15.3 Å². The maximum Gasteiger partial charge on any atom is 0.171 e. The Balaban J connectivity index is 2.13. The fourth-order valence-electron chi connectivity index (χ4n) is 1.52. The maximum atomic E-state index is 6.04. The van der Waals surface area contributed by atoms with Crippen molar-refractivity contribution in [2.45, 2.75) is 20.4 Å². The molecular formula is C13H13Cl2N3. The van der Waals surface area contributed by atoms with Crippen LogP contribution in [0.25, 0.3) is 0 Å². The van der Waals surface area contributed by atoms with E-state index in [0.29, 0.717) is 22.5 Å². The number of halogens is 2. The van der Waals surface area contributed by atoms with Gasteiger partial charge in [0, 0.05) is 11.6 Å². The van der Waals surface area contributed by atoms with Crippen LogP contribution in [-0.2, 0) is 6.54 Å². The van der Waals surface area contributed by atoms with E-state index in [1.807, 2.05) is 38.1 Å². The molecule has 0 amide bonds. The quantitative estimate of drug-likeness (QED) is 0.924. The molecule has 0 saturated heterocycles. The fraction of sp³-hybridized carbons (Fsp3) is 0.231. The number of aryl methyl sites for hydroxylation is 2. The Hall–Kier alpha value is -1.32. The molecule has 18 heavy (non-hydrogen) atoms. The van der Waals surface area contributed by atoms with Gasteiger partial charge in [0.2, 0.25) is 0 Å². The molecule has 0 aliphatic rings. The Labute approximate surface area is 116 Å². The smallest absolute Gasteiger partial charge is 0.171 e. The minimum atomic E-state index is 0.389. The molecule has 0 aliphatic heterocycles. The lowest BCUT2D eigenvalue weighted by Gasteiger charge is -2.09. The summed E-state index contributed by atoms with van der Waals surface area (Å²) < 4.78 is 0. The van der Waals surface area contributed by atoms with Crippen LogP contribution in [0.5, 0.6) is 0 Å². The van der Waals surface area contributed by atoms with Gasteiger partial charge >= 0.3 is 0 Å². The van der Waals surface area contributed by atoms with E-state index in [0.717, 1.165) is 17.0 Å². The van der Waals surface area contributed by atoms with Gasteiger partial charge in [-0.1, -0.05) is 35.3 Å². The minimum absolute atomic E-state index is 0.389. The third-order valence-electron chi connectivity index (χ3n) is 2.61. The monoisotopic (exact) mass is 281 g/mol. The van der Waals surface area contributed by atoms with E-state index in [4.69, 9.17) is 23.2 Å². The second-order valence-corrected chi connectivity index (χ2v) is 4.81.